The molecule has 0 aliphatic rings. The van der Waals surface area contributed by atoms with E-state index >= 15 is 0 Å². The van der Waals surface area contributed by atoms with E-state index in [0.29, 0.717) is 0 Å². The van der Waals surface area contributed by atoms with Crippen LogP contribution in [-0.2, 0) is 6.42 Å². The van der Waals surface area contributed by atoms with Gasteiger partial charge in [-0.05, 0) is 18.4 Å². The van der Waals surface area contributed by atoms with Crippen molar-refractivity contribution >= 4 is 15.4 Å². The van der Waals surface area contributed by atoms with Gasteiger partial charge in [0, 0.05) is 10.2 Å². The van der Waals surface area contributed by atoms with E-state index in [0.717, 1.165) is 23.1 Å². The molecule has 0 saturated carbocycles. The molecular formula is C10H16OSi. The summed E-state index contributed by atoms with van der Waals surface area (Å²) in [6, 6.07) is 8.36. The minimum absolute atomic E-state index is 0.167. The molecule has 1 N–H and O–H groups in total. The van der Waals surface area contributed by atoms with E-state index in [-0.39, 0.29) is 6.10 Å². The molecule has 0 radical (unpaired) electrons. The lowest BCUT2D eigenvalue weighted by molar-refractivity contribution is 0.171. The van der Waals surface area contributed by atoms with E-state index in [1.165, 1.54) is 10.8 Å². The van der Waals surface area contributed by atoms with E-state index in [9.17, 15) is 5.11 Å². The van der Waals surface area contributed by atoms with Crippen LogP contribution in [0.25, 0.3) is 0 Å². The van der Waals surface area contributed by atoms with E-state index in [1.54, 1.807) is 0 Å². The van der Waals surface area contributed by atoms with Crippen molar-refractivity contribution in [2.75, 3.05) is 0 Å². The fraction of sp³-hybridized carbons (Fsp3) is 0.400. The topological polar surface area (TPSA) is 20.2 Å². The van der Waals surface area contributed by atoms with Crippen LogP contribution in [0.5, 0.6) is 0 Å². The lowest BCUT2D eigenvalue weighted by Gasteiger charge is -2.09. The van der Waals surface area contributed by atoms with Crippen LogP contribution in [0.15, 0.2) is 24.3 Å². The summed E-state index contributed by atoms with van der Waals surface area (Å²) < 4.78 is 0. The highest BCUT2D eigenvalue weighted by molar-refractivity contribution is 6.33. The molecule has 1 aromatic rings. The lowest BCUT2D eigenvalue weighted by atomic mass is 10.1. The molecule has 2 heteroatoms. The molecule has 1 nitrogen and oxygen atoms in total. The monoisotopic (exact) mass is 180 g/mol. The number of hydrogen-bond acceptors (Lipinski definition) is 1. The van der Waals surface area contributed by atoms with Gasteiger partial charge in [-0.25, -0.2) is 0 Å². The molecule has 1 unspecified atom stereocenters. The molecule has 1 atom stereocenters. The van der Waals surface area contributed by atoms with Gasteiger partial charge in [0.15, 0.2) is 0 Å². The number of benzene rings is 1. The van der Waals surface area contributed by atoms with Crippen molar-refractivity contribution < 1.29 is 5.11 Å². The van der Waals surface area contributed by atoms with Gasteiger partial charge in [-0.15, -0.1) is 0 Å². The fourth-order valence-corrected chi connectivity index (χ4v) is 1.80. The first kappa shape index (κ1) is 9.48. The third-order valence-corrected chi connectivity index (χ3v) is 3.16. The van der Waals surface area contributed by atoms with Crippen molar-refractivity contribution in [1.29, 1.82) is 0 Å². The molecule has 66 valence electrons. The number of aliphatic hydroxyl groups excluding tert-OH is 1. The van der Waals surface area contributed by atoms with Crippen LogP contribution >= 0.6 is 0 Å². The van der Waals surface area contributed by atoms with Crippen LogP contribution in [0.4, 0.5) is 0 Å². The highest BCUT2D eigenvalue weighted by Crippen LogP contribution is 2.02. The number of rotatable bonds is 3. The average Bonchev–Trinajstić information content (AvgIpc) is 2.09. The summed E-state index contributed by atoms with van der Waals surface area (Å²) in [4.78, 5) is 0. The second kappa shape index (κ2) is 4.43. The molecule has 1 aromatic carbocycles. The Morgan fingerprint density at radius 3 is 2.67 bits per heavy atom. The normalized spacial score (nSPS) is 13.2. The van der Waals surface area contributed by atoms with E-state index in [1.807, 2.05) is 13.0 Å². The Bertz CT molecular complexity index is 247. The van der Waals surface area contributed by atoms with Crippen LogP contribution in [0, 0.1) is 0 Å². The quantitative estimate of drug-likeness (QED) is 0.649. The summed E-state index contributed by atoms with van der Waals surface area (Å²) in [5.74, 6) is 0. The van der Waals surface area contributed by atoms with Gasteiger partial charge in [0.25, 0.3) is 0 Å². The van der Waals surface area contributed by atoms with Gasteiger partial charge in [0.2, 0.25) is 0 Å². The first-order valence-corrected chi connectivity index (χ1v) is 5.46. The maximum absolute atomic E-state index is 9.45. The average molecular weight is 180 g/mol. The molecule has 0 spiro atoms. The maximum Gasteiger partial charge on any atom is 0.0577 e. The third kappa shape index (κ3) is 2.46. The molecule has 0 fully saturated rings. The van der Waals surface area contributed by atoms with Gasteiger partial charge in [0.05, 0.1) is 6.10 Å². The summed E-state index contributed by atoms with van der Waals surface area (Å²) >= 11 is 0. The zero-order valence-corrected chi connectivity index (χ0v) is 9.75. The van der Waals surface area contributed by atoms with Crippen LogP contribution in [0.2, 0.25) is 0 Å². The second-order valence-electron chi connectivity index (χ2n) is 3.19. The molecule has 0 aliphatic carbocycles. The van der Waals surface area contributed by atoms with Crippen LogP contribution in [0.1, 0.15) is 18.9 Å². The van der Waals surface area contributed by atoms with Gasteiger partial charge >= 0.3 is 0 Å². The summed E-state index contributed by atoms with van der Waals surface area (Å²) in [5, 5.41) is 10.9. The predicted molar refractivity (Wildman–Crippen MR) is 56.0 cm³/mol. The maximum atomic E-state index is 9.45. The Hall–Kier alpha value is -0.603. The Labute approximate surface area is 76.9 Å². The molecule has 0 aromatic heterocycles. The fourth-order valence-electron chi connectivity index (χ4n) is 1.24. The Morgan fingerprint density at radius 2 is 2.08 bits per heavy atom. The highest BCUT2D eigenvalue weighted by atomic mass is 28.1. The number of hydrogen-bond donors (Lipinski definition) is 1. The van der Waals surface area contributed by atoms with Gasteiger partial charge in [0.1, 0.15) is 0 Å². The highest BCUT2D eigenvalue weighted by Gasteiger charge is 2.03. The minimum Gasteiger partial charge on any atom is -0.393 e. The third-order valence-electron chi connectivity index (χ3n) is 2.19. The van der Waals surface area contributed by atoms with Crippen LogP contribution < -0.4 is 5.19 Å². The standard InChI is InChI=1S/C10H16OSi/c1-2-9(11)7-8-5-3-4-6-10(8)12/h3-6,9,11H,2,7H2,1,12H3. The summed E-state index contributed by atoms with van der Waals surface area (Å²) in [7, 11) is 1.07. The second-order valence-corrected chi connectivity index (χ2v) is 4.27. The Kier molecular flexibility index (Phi) is 3.50. The molecular weight excluding hydrogens is 164 g/mol. The number of aliphatic hydroxyl groups is 1. The Balaban J connectivity index is 2.69. The van der Waals surface area contributed by atoms with Gasteiger partial charge in [-0.1, -0.05) is 36.4 Å². The van der Waals surface area contributed by atoms with E-state index in [2.05, 4.69) is 18.2 Å². The van der Waals surface area contributed by atoms with Crippen LogP contribution in [-0.4, -0.2) is 21.5 Å². The summed E-state index contributed by atoms with van der Waals surface area (Å²) in [6.07, 6.45) is 1.49. The van der Waals surface area contributed by atoms with Crippen molar-refractivity contribution in [1.82, 2.24) is 0 Å². The summed E-state index contributed by atoms with van der Waals surface area (Å²) in [6.45, 7) is 2.01. The van der Waals surface area contributed by atoms with Crippen molar-refractivity contribution in [3.05, 3.63) is 29.8 Å². The van der Waals surface area contributed by atoms with Crippen molar-refractivity contribution in [3.8, 4) is 0 Å². The molecule has 0 amide bonds. The molecule has 0 heterocycles. The molecule has 1 rings (SSSR count). The van der Waals surface area contributed by atoms with Gasteiger partial charge in [-0.3, -0.25) is 0 Å². The first-order valence-electron chi connectivity index (χ1n) is 4.46. The van der Waals surface area contributed by atoms with Crippen molar-refractivity contribution in [2.45, 2.75) is 25.9 Å². The SMILES string of the molecule is CCC(O)Cc1ccccc1[SiH3]. The largest absolute Gasteiger partial charge is 0.393 e. The molecule has 0 bridgehead atoms. The molecule has 12 heavy (non-hydrogen) atoms. The lowest BCUT2D eigenvalue weighted by Crippen LogP contribution is -2.16. The van der Waals surface area contributed by atoms with Crippen molar-refractivity contribution in [2.24, 2.45) is 0 Å². The first-order chi connectivity index (χ1) is 5.74. The van der Waals surface area contributed by atoms with E-state index < -0.39 is 0 Å². The Morgan fingerprint density at radius 1 is 1.42 bits per heavy atom. The smallest absolute Gasteiger partial charge is 0.0577 e. The predicted octanol–water partition coefficient (Wildman–Crippen LogP) is -0.00930. The zero-order chi connectivity index (χ0) is 8.97. The van der Waals surface area contributed by atoms with Crippen LogP contribution in [0.3, 0.4) is 0 Å². The summed E-state index contributed by atoms with van der Waals surface area (Å²) in [5.41, 5.74) is 1.32. The molecule has 0 aliphatic heterocycles. The van der Waals surface area contributed by atoms with Crippen molar-refractivity contribution in [3.63, 3.8) is 0 Å². The molecule has 0 saturated heterocycles. The van der Waals surface area contributed by atoms with Gasteiger partial charge in [-0.2, -0.15) is 0 Å². The van der Waals surface area contributed by atoms with E-state index in [4.69, 9.17) is 0 Å². The minimum atomic E-state index is -0.167. The van der Waals surface area contributed by atoms with Gasteiger partial charge < -0.3 is 5.11 Å². The zero-order valence-electron chi connectivity index (χ0n) is 7.75.